The first-order valence-electron chi connectivity index (χ1n) is 4.59. The van der Waals surface area contributed by atoms with Crippen LogP contribution in [0.15, 0.2) is 24.3 Å². The van der Waals surface area contributed by atoms with E-state index in [2.05, 4.69) is 4.74 Å². The van der Waals surface area contributed by atoms with Crippen molar-refractivity contribution in [3.8, 4) is 0 Å². The van der Waals surface area contributed by atoms with Crippen LogP contribution in [0, 0.1) is 6.92 Å². The van der Waals surface area contributed by atoms with Gasteiger partial charge >= 0.3 is 5.97 Å². The molecule has 1 aromatic rings. The summed E-state index contributed by atoms with van der Waals surface area (Å²) in [5, 5.41) is 0. The van der Waals surface area contributed by atoms with Crippen LogP contribution in [0.1, 0.15) is 11.1 Å². The first-order valence-corrected chi connectivity index (χ1v) is 6.08. The molecule has 1 unspecified atom stereocenters. The molecule has 4 heteroatoms. The van der Waals surface area contributed by atoms with Gasteiger partial charge in [0.25, 0.3) is 0 Å². The predicted molar refractivity (Wildman–Crippen MR) is 59.9 cm³/mol. The van der Waals surface area contributed by atoms with E-state index in [9.17, 15) is 9.00 Å². The lowest BCUT2D eigenvalue weighted by molar-refractivity contribution is -0.137. The van der Waals surface area contributed by atoms with Gasteiger partial charge in [0, 0.05) is 16.6 Å². The quantitative estimate of drug-likeness (QED) is 0.729. The van der Waals surface area contributed by atoms with Gasteiger partial charge in [-0.1, -0.05) is 29.8 Å². The Morgan fingerprint density at radius 2 is 1.93 bits per heavy atom. The Labute approximate surface area is 91.9 Å². The summed E-state index contributed by atoms with van der Waals surface area (Å²) in [5.74, 6) is -0.0693. The monoisotopic (exact) mass is 226 g/mol. The molecule has 0 aliphatic heterocycles. The lowest BCUT2D eigenvalue weighted by atomic mass is 10.2. The Balaban J connectivity index is 2.51. The summed E-state index contributed by atoms with van der Waals surface area (Å²) in [6.07, 6.45) is 0. The molecule has 0 N–H and O–H groups in total. The maximum atomic E-state index is 11.5. The van der Waals surface area contributed by atoms with Crippen LogP contribution in [0.3, 0.4) is 0 Å². The third-order valence-electron chi connectivity index (χ3n) is 1.95. The molecule has 0 bridgehead atoms. The topological polar surface area (TPSA) is 43.4 Å². The van der Waals surface area contributed by atoms with Gasteiger partial charge in [0.2, 0.25) is 0 Å². The van der Waals surface area contributed by atoms with Crippen molar-refractivity contribution >= 4 is 16.8 Å². The zero-order valence-corrected chi connectivity index (χ0v) is 9.67. The summed E-state index contributed by atoms with van der Waals surface area (Å²) in [5.41, 5.74) is 2.14. The number of rotatable bonds is 4. The zero-order valence-electron chi connectivity index (χ0n) is 8.86. The first kappa shape index (κ1) is 11.9. The van der Waals surface area contributed by atoms with Gasteiger partial charge in [0.05, 0.1) is 7.11 Å². The van der Waals surface area contributed by atoms with Crippen LogP contribution >= 0.6 is 0 Å². The minimum absolute atomic E-state index is 0.0373. The molecule has 0 radical (unpaired) electrons. The second kappa shape index (κ2) is 5.66. The van der Waals surface area contributed by atoms with Gasteiger partial charge in [-0.25, -0.2) is 0 Å². The molecular weight excluding hydrogens is 212 g/mol. The molecule has 1 atom stereocenters. The van der Waals surface area contributed by atoms with E-state index in [1.807, 2.05) is 31.2 Å². The van der Waals surface area contributed by atoms with E-state index in [1.54, 1.807) is 0 Å². The minimum Gasteiger partial charge on any atom is -0.468 e. The molecule has 15 heavy (non-hydrogen) atoms. The van der Waals surface area contributed by atoms with E-state index < -0.39 is 16.8 Å². The molecule has 0 spiro atoms. The van der Waals surface area contributed by atoms with Gasteiger partial charge in [-0.05, 0) is 12.5 Å². The third kappa shape index (κ3) is 4.25. The smallest absolute Gasteiger partial charge is 0.318 e. The molecule has 1 rings (SSSR count). The van der Waals surface area contributed by atoms with E-state index in [0.717, 1.165) is 11.1 Å². The van der Waals surface area contributed by atoms with E-state index in [-0.39, 0.29) is 5.75 Å². The number of methoxy groups -OCH3 is 1. The molecule has 0 amide bonds. The van der Waals surface area contributed by atoms with Crippen LogP contribution in [0.2, 0.25) is 0 Å². The fourth-order valence-electron chi connectivity index (χ4n) is 1.11. The van der Waals surface area contributed by atoms with Crippen LogP contribution in [0.25, 0.3) is 0 Å². The molecule has 3 nitrogen and oxygen atoms in total. The van der Waals surface area contributed by atoms with Gasteiger partial charge in [0.15, 0.2) is 0 Å². The lowest BCUT2D eigenvalue weighted by Gasteiger charge is -2.02. The predicted octanol–water partition coefficient (Wildman–Crippen LogP) is 1.42. The van der Waals surface area contributed by atoms with Crippen molar-refractivity contribution in [3.63, 3.8) is 0 Å². The number of ether oxygens (including phenoxy) is 1. The fraction of sp³-hybridized carbons (Fsp3) is 0.364. The number of hydrogen-bond acceptors (Lipinski definition) is 3. The average Bonchev–Trinajstić information content (AvgIpc) is 2.21. The number of esters is 1. The Hall–Kier alpha value is -1.16. The van der Waals surface area contributed by atoms with Gasteiger partial charge in [-0.15, -0.1) is 0 Å². The summed E-state index contributed by atoms with van der Waals surface area (Å²) in [7, 11) is 0.115. The second-order valence-electron chi connectivity index (χ2n) is 3.29. The molecular formula is C11H14O3S. The molecule has 0 aliphatic carbocycles. The highest BCUT2D eigenvalue weighted by atomic mass is 32.2. The number of carbonyl (C=O) groups excluding carboxylic acids is 1. The molecule has 0 fully saturated rings. The number of benzene rings is 1. The van der Waals surface area contributed by atoms with Crippen molar-refractivity contribution in [2.75, 3.05) is 12.9 Å². The standard InChI is InChI=1S/C11H14O3S/c1-9-3-5-10(6-4-9)7-15(13)8-11(12)14-2/h3-6H,7-8H2,1-2H3. The van der Waals surface area contributed by atoms with Crippen molar-refractivity contribution < 1.29 is 13.7 Å². The highest BCUT2D eigenvalue weighted by Crippen LogP contribution is 2.06. The third-order valence-corrected chi connectivity index (χ3v) is 3.17. The molecule has 1 aromatic carbocycles. The summed E-state index contributed by atoms with van der Waals surface area (Å²) >= 11 is 0. The molecule has 0 saturated carbocycles. The summed E-state index contributed by atoms with van der Waals surface area (Å²) in [6.45, 7) is 2.00. The number of aryl methyl sites for hydroxylation is 1. The number of hydrogen-bond donors (Lipinski definition) is 0. The SMILES string of the molecule is COC(=O)CS(=O)Cc1ccc(C)cc1. The first-order chi connectivity index (χ1) is 7.11. The minimum atomic E-state index is -1.18. The van der Waals surface area contributed by atoms with Gasteiger partial charge in [-0.2, -0.15) is 0 Å². The summed E-state index contributed by atoms with van der Waals surface area (Å²) in [6, 6.07) is 7.77. The van der Waals surface area contributed by atoms with Gasteiger partial charge in [-0.3, -0.25) is 9.00 Å². The van der Waals surface area contributed by atoms with Crippen molar-refractivity contribution in [1.29, 1.82) is 0 Å². The largest absolute Gasteiger partial charge is 0.468 e. The van der Waals surface area contributed by atoms with Gasteiger partial charge in [0.1, 0.15) is 5.75 Å². The summed E-state index contributed by atoms with van der Waals surface area (Å²) < 4.78 is 15.9. The van der Waals surface area contributed by atoms with Crippen LogP contribution in [-0.2, 0) is 26.1 Å². The fourth-order valence-corrected chi connectivity index (χ4v) is 2.16. The Morgan fingerprint density at radius 3 is 2.47 bits per heavy atom. The number of carbonyl (C=O) groups is 1. The zero-order chi connectivity index (χ0) is 11.3. The molecule has 0 heterocycles. The van der Waals surface area contributed by atoms with Crippen LogP contribution < -0.4 is 0 Å². The van der Waals surface area contributed by atoms with Crippen molar-refractivity contribution in [2.24, 2.45) is 0 Å². The van der Waals surface area contributed by atoms with Gasteiger partial charge < -0.3 is 4.74 Å². The Morgan fingerprint density at radius 1 is 1.33 bits per heavy atom. The van der Waals surface area contributed by atoms with E-state index in [0.29, 0.717) is 5.75 Å². The summed E-state index contributed by atoms with van der Waals surface area (Å²) in [4.78, 5) is 10.9. The second-order valence-corrected chi connectivity index (χ2v) is 4.75. The van der Waals surface area contributed by atoms with Crippen molar-refractivity contribution in [1.82, 2.24) is 0 Å². The van der Waals surface area contributed by atoms with E-state index >= 15 is 0 Å². The average molecular weight is 226 g/mol. The highest BCUT2D eigenvalue weighted by molar-refractivity contribution is 7.84. The lowest BCUT2D eigenvalue weighted by Crippen LogP contribution is -2.13. The van der Waals surface area contributed by atoms with Crippen LogP contribution in [-0.4, -0.2) is 23.0 Å². The molecule has 0 saturated heterocycles. The molecule has 82 valence electrons. The van der Waals surface area contributed by atoms with Crippen LogP contribution in [0.4, 0.5) is 0 Å². The van der Waals surface area contributed by atoms with Crippen molar-refractivity contribution in [3.05, 3.63) is 35.4 Å². The molecule has 0 aliphatic rings. The van der Waals surface area contributed by atoms with E-state index in [4.69, 9.17) is 0 Å². The maximum absolute atomic E-state index is 11.5. The highest BCUT2D eigenvalue weighted by Gasteiger charge is 2.08. The van der Waals surface area contributed by atoms with Crippen LogP contribution in [0.5, 0.6) is 0 Å². The normalized spacial score (nSPS) is 12.1. The Kier molecular flexibility index (Phi) is 4.49. The maximum Gasteiger partial charge on any atom is 0.318 e. The Bertz CT molecular complexity index is 357. The van der Waals surface area contributed by atoms with E-state index in [1.165, 1.54) is 7.11 Å². The van der Waals surface area contributed by atoms with Crippen molar-refractivity contribution in [2.45, 2.75) is 12.7 Å². The molecule has 0 aromatic heterocycles.